The van der Waals surface area contributed by atoms with Crippen LogP contribution in [0.2, 0.25) is 0 Å². The molecule has 2 aliphatic rings. The van der Waals surface area contributed by atoms with E-state index in [-0.39, 0.29) is 18.5 Å². The molecule has 1 atom stereocenters. The maximum Gasteiger partial charge on any atom is 0.410 e. The van der Waals surface area contributed by atoms with Crippen LogP contribution in [-0.4, -0.2) is 43.3 Å². The van der Waals surface area contributed by atoms with Gasteiger partial charge in [-0.15, -0.1) is 12.4 Å². The third kappa shape index (κ3) is 1.41. The molecular weight excluding hydrogens is 168 g/mol. The Morgan fingerprint density at radius 2 is 2.45 bits per heavy atom. The van der Waals surface area contributed by atoms with E-state index >= 15 is 0 Å². The summed E-state index contributed by atoms with van der Waals surface area (Å²) in [5.41, 5.74) is 0. The number of rotatable bonds is 0. The van der Waals surface area contributed by atoms with Crippen molar-refractivity contribution in [3.63, 3.8) is 0 Å². The number of carbonyl (C=O) groups is 1. The van der Waals surface area contributed by atoms with Crippen molar-refractivity contribution in [3.05, 3.63) is 0 Å². The van der Waals surface area contributed by atoms with Gasteiger partial charge >= 0.3 is 6.09 Å². The first-order chi connectivity index (χ1) is 4.88. The molecule has 64 valence electrons. The van der Waals surface area contributed by atoms with Crippen molar-refractivity contribution in [2.75, 3.05) is 26.2 Å². The lowest BCUT2D eigenvalue weighted by Crippen LogP contribution is -2.49. The number of hydrogen-bond acceptors (Lipinski definition) is 3. The van der Waals surface area contributed by atoms with Crippen molar-refractivity contribution in [3.8, 4) is 0 Å². The molecule has 2 saturated heterocycles. The van der Waals surface area contributed by atoms with Crippen LogP contribution in [-0.2, 0) is 4.74 Å². The van der Waals surface area contributed by atoms with Gasteiger partial charge in [-0.25, -0.2) is 4.79 Å². The monoisotopic (exact) mass is 178 g/mol. The van der Waals surface area contributed by atoms with E-state index in [0.29, 0.717) is 12.6 Å². The zero-order valence-corrected chi connectivity index (χ0v) is 6.89. The van der Waals surface area contributed by atoms with Crippen LogP contribution < -0.4 is 5.32 Å². The Kier molecular flexibility index (Phi) is 2.57. The molecule has 0 spiro atoms. The zero-order chi connectivity index (χ0) is 6.97. The van der Waals surface area contributed by atoms with E-state index in [1.165, 1.54) is 0 Å². The second-order valence-corrected chi connectivity index (χ2v) is 2.63. The summed E-state index contributed by atoms with van der Waals surface area (Å²) in [5.74, 6) is 0. The van der Waals surface area contributed by atoms with Crippen molar-refractivity contribution in [2.45, 2.75) is 6.04 Å². The fourth-order valence-corrected chi connectivity index (χ4v) is 1.40. The number of halogens is 1. The van der Waals surface area contributed by atoms with Gasteiger partial charge in [0.1, 0.15) is 6.61 Å². The summed E-state index contributed by atoms with van der Waals surface area (Å²) in [7, 11) is 0. The standard InChI is InChI=1S/C6H10N2O2.ClH/c9-6-8-2-1-7-3-5(8)4-10-6;/h5,7H,1-4H2;1H/t5-;/m1./s1. The third-order valence-corrected chi connectivity index (χ3v) is 1.98. The Hall–Kier alpha value is -0.480. The van der Waals surface area contributed by atoms with Gasteiger partial charge in [0.15, 0.2) is 0 Å². The van der Waals surface area contributed by atoms with Gasteiger partial charge in [-0.05, 0) is 0 Å². The summed E-state index contributed by atoms with van der Waals surface area (Å²) in [6.45, 7) is 3.13. The Bertz CT molecular complexity index is 165. The molecule has 0 aromatic rings. The molecule has 0 bridgehead atoms. The number of carbonyl (C=O) groups excluding carboxylic acids is 1. The Labute approximate surface area is 71.3 Å². The minimum atomic E-state index is -0.147. The zero-order valence-electron chi connectivity index (χ0n) is 6.08. The lowest BCUT2D eigenvalue weighted by molar-refractivity contribution is 0.155. The second kappa shape index (κ2) is 3.28. The van der Waals surface area contributed by atoms with Gasteiger partial charge in [0.25, 0.3) is 0 Å². The number of nitrogens with zero attached hydrogens (tertiary/aromatic N) is 1. The maximum atomic E-state index is 10.9. The SMILES string of the molecule is Cl.O=C1OC[C@H]2CNCCN12. The predicted molar refractivity (Wildman–Crippen MR) is 42.0 cm³/mol. The fourth-order valence-electron chi connectivity index (χ4n) is 1.40. The molecule has 2 heterocycles. The second-order valence-electron chi connectivity index (χ2n) is 2.63. The van der Waals surface area contributed by atoms with Gasteiger partial charge in [-0.1, -0.05) is 0 Å². The molecule has 2 aliphatic heterocycles. The maximum absolute atomic E-state index is 10.9. The van der Waals surface area contributed by atoms with Crippen LogP contribution in [0.3, 0.4) is 0 Å². The first kappa shape index (κ1) is 8.62. The fraction of sp³-hybridized carbons (Fsp3) is 0.833. The minimum Gasteiger partial charge on any atom is -0.447 e. The Morgan fingerprint density at radius 1 is 1.64 bits per heavy atom. The van der Waals surface area contributed by atoms with Crippen molar-refractivity contribution < 1.29 is 9.53 Å². The molecule has 0 aromatic carbocycles. The van der Waals surface area contributed by atoms with E-state index in [1.54, 1.807) is 4.90 Å². The van der Waals surface area contributed by atoms with Crippen LogP contribution in [0.15, 0.2) is 0 Å². The molecule has 0 saturated carbocycles. The van der Waals surface area contributed by atoms with Crippen LogP contribution in [0.5, 0.6) is 0 Å². The molecule has 0 unspecified atom stereocenters. The van der Waals surface area contributed by atoms with E-state index in [9.17, 15) is 4.79 Å². The van der Waals surface area contributed by atoms with E-state index in [2.05, 4.69) is 5.32 Å². The number of cyclic esters (lactones) is 1. The average Bonchev–Trinajstić information content (AvgIpc) is 2.34. The number of hydrogen-bond donors (Lipinski definition) is 1. The molecule has 2 rings (SSSR count). The van der Waals surface area contributed by atoms with Crippen LogP contribution in [0.25, 0.3) is 0 Å². The third-order valence-electron chi connectivity index (χ3n) is 1.98. The Balaban J connectivity index is 0.000000605. The number of amides is 1. The molecule has 4 nitrogen and oxygen atoms in total. The van der Waals surface area contributed by atoms with Crippen LogP contribution in [0.1, 0.15) is 0 Å². The average molecular weight is 179 g/mol. The number of nitrogens with one attached hydrogen (secondary N) is 1. The summed E-state index contributed by atoms with van der Waals surface area (Å²) in [4.78, 5) is 12.7. The van der Waals surface area contributed by atoms with Crippen molar-refractivity contribution in [1.29, 1.82) is 0 Å². The minimum absolute atomic E-state index is 0. The molecule has 0 radical (unpaired) electrons. The highest BCUT2D eigenvalue weighted by Crippen LogP contribution is 2.12. The van der Waals surface area contributed by atoms with Gasteiger partial charge in [0, 0.05) is 19.6 Å². The van der Waals surface area contributed by atoms with E-state index in [0.717, 1.165) is 19.6 Å². The number of ether oxygens (including phenoxy) is 1. The van der Waals surface area contributed by atoms with Gasteiger partial charge in [0.05, 0.1) is 6.04 Å². The highest BCUT2D eigenvalue weighted by Gasteiger charge is 2.34. The predicted octanol–water partition coefficient (Wildman–Crippen LogP) is -0.168. The molecule has 2 fully saturated rings. The number of fused-ring (bicyclic) bond motifs is 1. The van der Waals surface area contributed by atoms with Crippen LogP contribution in [0.4, 0.5) is 4.79 Å². The van der Waals surface area contributed by atoms with Gasteiger partial charge < -0.3 is 10.1 Å². The summed E-state index contributed by atoms with van der Waals surface area (Å²) in [6.07, 6.45) is -0.147. The summed E-state index contributed by atoms with van der Waals surface area (Å²) < 4.78 is 4.85. The largest absolute Gasteiger partial charge is 0.447 e. The van der Waals surface area contributed by atoms with Crippen molar-refractivity contribution in [1.82, 2.24) is 10.2 Å². The molecule has 1 N–H and O–H groups in total. The van der Waals surface area contributed by atoms with E-state index in [1.807, 2.05) is 0 Å². The van der Waals surface area contributed by atoms with Gasteiger partial charge in [-0.2, -0.15) is 0 Å². The van der Waals surface area contributed by atoms with E-state index < -0.39 is 0 Å². The van der Waals surface area contributed by atoms with E-state index in [4.69, 9.17) is 4.74 Å². The quantitative estimate of drug-likeness (QED) is 0.560. The summed E-state index contributed by atoms with van der Waals surface area (Å²) >= 11 is 0. The molecule has 5 heteroatoms. The number of piperazine rings is 1. The van der Waals surface area contributed by atoms with Crippen molar-refractivity contribution >= 4 is 18.5 Å². The van der Waals surface area contributed by atoms with Crippen molar-refractivity contribution in [2.24, 2.45) is 0 Å². The molecule has 0 aliphatic carbocycles. The van der Waals surface area contributed by atoms with Crippen LogP contribution >= 0.6 is 12.4 Å². The lowest BCUT2D eigenvalue weighted by Gasteiger charge is -2.26. The summed E-state index contributed by atoms with van der Waals surface area (Å²) in [5, 5.41) is 3.20. The lowest BCUT2D eigenvalue weighted by atomic mass is 10.2. The molecule has 0 aromatic heterocycles. The topological polar surface area (TPSA) is 41.6 Å². The smallest absolute Gasteiger partial charge is 0.410 e. The molecule has 1 amide bonds. The normalized spacial score (nSPS) is 28.9. The molecule has 11 heavy (non-hydrogen) atoms. The Morgan fingerprint density at radius 3 is 3.18 bits per heavy atom. The van der Waals surface area contributed by atoms with Crippen LogP contribution in [0, 0.1) is 0 Å². The highest BCUT2D eigenvalue weighted by atomic mass is 35.5. The first-order valence-corrected chi connectivity index (χ1v) is 3.52. The summed E-state index contributed by atoms with van der Waals surface area (Å²) in [6, 6.07) is 0.293. The highest BCUT2D eigenvalue weighted by molar-refractivity contribution is 5.85. The van der Waals surface area contributed by atoms with Gasteiger partial charge in [0.2, 0.25) is 0 Å². The molecular formula is C6H11ClN2O2. The first-order valence-electron chi connectivity index (χ1n) is 3.52. The van der Waals surface area contributed by atoms with Gasteiger partial charge in [-0.3, -0.25) is 4.90 Å².